The van der Waals surface area contributed by atoms with Gasteiger partial charge in [0.2, 0.25) is 0 Å². The standard InChI is InChI=1S/C16H25N3O/c1-3-17-16(19-12-14-9-10-14)18-11-13(2)20-15-7-5-4-6-8-15/h4-8,13-14H,3,9-12H2,1-2H3,(H2,17,18,19). The summed E-state index contributed by atoms with van der Waals surface area (Å²) in [6.07, 6.45) is 2.76. The van der Waals surface area contributed by atoms with Crippen LogP contribution < -0.4 is 15.4 Å². The minimum atomic E-state index is 0.0637. The molecule has 2 N–H and O–H groups in total. The number of hydrogen-bond acceptors (Lipinski definition) is 2. The summed E-state index contributed by atoms with van der Waals surface area (Å²) in [4.78, 5) is 4.58. The van der Waals surface area contributed by atoms with Gasteiger partial charge in [0.15, 0.2) is 5.96 Å². The average Bonchev–Trinajstić information content (AvgIpc) is 3.27. The van der Waals surface area contributed by atoms with Gasteiger partial charge >= 0.3 is 0 Å². The molecule has 4 heteroatoms. The van der Waals surface area contributed by atoms with Crippen LogP contribution in [0.3, 0.4) is 0 Å². The van der Waals surface area contributed by atoms with Crippen LogP contribution >= 0.6 is 0 Å². The Morgan fingerprint density at radius 1 is 1.30 bits per heavy atom. The van der Waals surface area contributed by atoms with Crippen LogP contribution in [0, 0.1) is 5.92 Å². The van der Waals surface area contributed by atoms with Crippen molar-refractivity contribution in [1.29, 1.82) is 0 Å². The molecule has 0 heterocycles. The molecule has 1 saturated carbocycles. The van der Waals surface area contributed by atoms with Gasteiger partial charge in [-0.25, -0.2) is 4.99 Å². The molecule has 1 aliphatic rings. The summed E-state index contributed by atoms with van der Waals surface area (Å²) in [5.74, 6) is 2.63. The van der Waals surface area contributed by atoms with Crippen molar-refractivity contribution >= 4 is 5.96 Å². The van der Waals surface area contributed by atoms with Gasteiger partial charge in [-0.1, -0.05) is 18.2 Å². The van der Waals surface area contributed by atoms with Crippen LogP contribution in [-0.2, 0) is 0 Å². The summed E-state index contributed by atoms with van der Waals surface area (Å²) in [6, 6.07) is 9.88. The first-order valence-corrected chi connectivity index (χ1v) is 7.51. The summed E-state index contributed by atoms with van der Waals surface area (Å²) in [6.45, 7) is 6.68. The first-order chi connectivity index (χ1) is 9.78. The number of rotatable bonds is 7. The summed E-state index contributed by atoms with van der Waals surface area (Å²) >= 11 is 0. The fraction of sp³-hybridized carbons (Fsp3) is 0.562. The Hall–Kier alpha value is -1.71. The van der Waals surface area contributed by atoms with Crippen molar-refractivity contribution in [3.8, 4) is 5.75 Å². The lowest BCUT2D eigenvalue weighted by Gasteiger charge is -2.15. The molecule has 20 heavy (non-hydrogen) atoms. The molecule has 110 valence electrons. The predicted octanol–water partition coefficient (Wildman–Crippen LogP) is 2.42. The Balaban J connectivity index is 1.77. The molecule has 0 amide bonds. The highest BCUT2D eigenvalue weighted by Gasteiger charge is 2.21. The molecule has 2 rings (SSSR count). The lowest BCUT2D eigenvalue weighted by Crippen LogP contribution is -2.39. The predicted molar refractivity (Wildman–Crippen MR) is 83.2 cm³/mol. The van der Waals surface area contributed by atoms with Gasteiger partial charge in [-0.15, -0.1) is 0 Å². The highest BCUT2D eigenvalue weighted by molar-refractivity contribution is 5.79. The fourth-order valence-electron chi connectivity index (χ4n) is 1.89. The lowest BCUT2D eigenvalue weighted by atomic mass is 10.3. The minimum Gasteiger partial charge on any atom is -0.489 e. The number of guanidine groups is 1. The quantitative estimate of drug-likeness (QED) is 0.593. The van der Waals surface area contributed by atoms with Gasteiger partial charge in [0, 0.05) is 13.1 Å². The molecule has 1 fully saturated rings. The van der Waals surface area contributed by atoms with E-state index in [0.29, 0.717) is 6.54 Å². The highest BCUT2D eigenvalue weighted by Crippen LogP contribution is 2.27. The topological polar surface area (TPSA) is 45.7 Å². The second-order valence-electron chi connectivity index (χ2n) is 5.29. The Morgan fingerprint density at radius 2 is 2.05 bits per heavy atom. The Labute approximate surface area is 121 Å². The Kier molecular flexibility index (Phi) is 5.71. The number of benzene rings is 1. The third kappa shape index (κ3) is 5.51. The van der Waals surface area contributed by atoms with E-state index < -0.39 is 0 Å². The largest absolute Gasteiger partial charge is 0.489 e. The molecule has 1 aromatic rings. The van der Waals surface area contributed by atoms with Crippen LogP contribution in [0.4, 0.5) is 0 Å². The van der Waals surface area contributed by atoms with Gasteiger partial charge in [-0.05, 0) is 44.7 Å². The van der Waals surface area contributed by atoms with Gasteiger partial charge in [0.05, 0.1) is 6.54 Å². The van der Waals surface area contributed by atoms with E-state index in [0.717, 1.165) is 30.7 Å². The van der Waals surface area contributed by atoms with Crippen LogP contribution in [-0.4, -0.2) is 31.7 Å². The number of nitrogens with zero attached hydrogens (tertiary/aromatic N) is 1. The van der Waals surface area contributed by atoms with Gasteiger partial charge in [0.25, 0.3) is 0 Å². The maximum atomic E-state index is 5.82. The molecule has 1 aromatic carbocycles. The van der Waals surface area contributed by atoms with Gasteiger partial charge < -0.3 is 15.4 Å². The monoisotopic (exact) mass is 275 g/mol. The normalized spacial score (nSPS) is 16.6. The van der Waals surface area contributed by atoms with E-state index in [1.807, 2.05) is 37.3 Å². The van der Waals surface area contributed by atoms with Crippen molar-refractivity contribution < 1.29 is 4.74 Å². The molecule has 0 saturated heterocycles. The van der Waals surface area contributed by atoms with Crippen LogP contribution in [0.15, 0.2) is 35.3 Å². The molecule has 0 radical (unpaired) electrons. The van der Waals surface area contributed by atoms with Gasteiger partial charge in [-0.3, -0.25) is 0 Å². The van der Waals surface area contributed by atoms with E-state index in [1.54, 1.807) is 0 Å². The third-order valence-electron chi connectivity index (χ3n) is 3.19. The number of para-hydroxylation sites is 1. The number of hydrogen-bond donors (Lipinski definition) is 2. The molecule has 1 atom stereocenters. The van der Waals surface area contributed by atoms with Gasteiger partial charge in [-0.2, -0.15) is 0 Å². The van der Waals surface area contributed by atoms with E-state index in [1.165, 1.54) is 12.8 Å². The summed E-state index contributed by atoms with van der Waals surface area (Å²) < 4.78 is 5.82. The van der Waals surface area contributed by atoms with Crippen molar-refractivity contribution in [3.05, 3.63) is 30.3 Å². The molecule has 4 nitrogen and oxygen atoms in total. The summed E-state index contributed by atoms with van der Waals surface area (Å²) in [5.41, 5.74) is 0. The lowest BCUT2D eigenvalue weighted by molar-refractivity contribution is 0.230. The zero-order valence-electron chi connectivity index (χ0n) is 12.4. The zero-order valence-corrected chi connectivity index (χ0v) is 12.4. The summed E-state index contributed by atoms with van der Waals surface area (Å²) in [5, 5.41) is 6.65. The molecule has 0 bridgehead atoms. The van der Waals surface area contributed by atoms with Crippen molar-refractivity contribution in [2.75, 3.05) is 19.6 Å². The van der Waals surface area contributed by atoms with Crippen molar-refractivity contribution in [2.24, 2.45) is 10.9 Å². The van der Waals surface area contributed by atoms with E-state index in [4.69, 9.17) is 4.74 Å². The van der Waals surface area contributed by atoms with Crippen LogP contribution in [0.25, 0.3) is 0 Å². The van der Waals surface area contributed by atoms with Crippen molar-refractivity contribution in [2.45, 2.75) is 32.8 Å². The fourth-order valence-corrected chi connectivity index (χ4v) is 1.89. The SMILES string of the molecule is CCNC(=NCC(C)Oc1ccccc1)NCC1CC1. The van der Waals surface area contributed by atoms with Crippen molar-refractivity contribution in [1.82, 2.24) is 10.6 Å². The molecule has 0 aromatic heterocycles. The average molecular weight is 275 g/mol. The van der Waals surface area contributed by atoms with E-state index in [2.05, 4.69) is 22.5 Å². The Morgan fingerprint density at radius 3 is 2.70 bits per heavy atom. The van der Waals surface area contributed by atoms with Crippen LogP contribution in [0.5, 0.6) is 5.75 Å². The minimum absolute atomic E-state index is 0.0637. The molecular formula is C16H25N3O. The van der Waals surface area contributed by atoms with Crippen LogP contribution in [0.1, 0.15) is 26.7 Å². The third-order valence-corrected chi connectivity index (χ3v) is 3.19. The molecule has 0 aliphatic heterocycles. The molecule has 1 unspecified atom stereocenters. The number of ether oxygens (including phenoxy) is 1. The molecular weight excluding hydrogens is 250 g/mol. The first kappa shape index (κ1) is 14.7. The molecule has 1 aliphatic carbocycles. The Bertz CT molecular complexity index is 415. The second kappa shape index (κ2) is 7.78. The van der Waals surface area contributed by atoms with Crippen molar-refractivity contribution in [3.63, 3.8) is 0 Å². The molecule has 0 spiro atoms. The number of nitrogens with one attached hydrogen (secondary N) is 2. The van der Waals surface area contributed by atoms with E-state index in [9.17, 15) is 0 Å². The zero-order chi connectivity index (χ0) is 14.2. The smallest absolute Gasteiger partial charge is 0.191 e. The first-order valence-electron chi connectivity index (χ1n) is 7.51. The maximum Gasteiger partial charge on any atom is 0.191 e. The van der Waals surface area contributed by atoms with Gasteiger partial charge in [0.1, 0.15) is 11.9 Å². The second-order valence-corrected chi connectivity index (χ2v) is 5.29. The van der Waals surface area contributed by atoms with E-state index in [-0.39, 0.29) is 6.10 Å². The van der Waals surface area contributed by atoms with E-state index >= 15 is 0 Å². The summed E-state index contributed by atoms with van der Waals surface area (Å²) in [7, 11) is 0. The maximum absolute atomic E-state index is 5.82. The number of aliphatic imine (C=N–C) groups is 1. The van der Waals surface area contributed by atoms with Crippen LogP contribution in [0.2, 0.25) is 0 Å². The highest BCUT2D eigenvalue weighted by atomic mass is 16.5.